The smallest absolute Gasteiger partial charge is 0.231 e. The molecule has 5 heteroatoms. The maximum Gasteiger partial charge on any atom is 0.231 e. The molecule has 1 amide bonds. The van der Waals surface area contributed by atoms with Crippen LogP contribution in [0.5, 0.6) is 0 Å². The van der Waals surface area contributed by atoms with Gasteiger partial charge in [0.1, 0.15) is 5.01 Å². The standard InChI is InChI=1S/C18H21N3OS/c1-11-17(20-18(23-11)14-5-3-4-8-19-14)12-6-7-15-13(9-12)10-16(22)21(15)2/h6-7,9,14,19H,3-5,8,10H2,1-2H3. The topological polar surface area (TPSA) is 45.2 Å². The lowest BCUT2D eigenvalue weighted by Gasteiger charge is -2.21. The number of hydrogen-bond donors (Lipinski definition) is 1. The number of nitrogens with one attached hydrogen (secondary N) is 1. The molecule has 1 aromatic heterocycles. The van der Waals surface area contributed by atoms with Crippen molar-refractivity contribution in [2.45, 2.75) is 38.6 Å². The maximum atomic E-state index is 11.9. The van der Waals surface area contributed by atoms with E-state index >= 15 is 0 Å². The number of benzene rings is 1. The van der Waals surface area contributed by atoms with Gasteiger partial charge in [-0.1, -0.05) is 12.5 Å². The fourth-order valence-corrected chi connectivity index (χ4v) is 4.57. The zero-order valence-corrected chi connectivity index (χ0v) is 14.4. The van der Waals surface area contributed by atoms with Crippen molar-refractivity contribution in [2.75, 3.05) is 18.5 Å². The molecule has 1 saturated heterocycles. The number of aromatic nitrogens is 1. The third kappa shape index (κ3) is 2.58. The highest BCUT2D eigenvalue weighted by Crippen LogP contribution is 2.36. The van der Waals surface area contributed by atoms with Gasteiger partial charge < -0.3 is 10.2 Å². The predicted molar refractivity (Wildman–Crippen MR) is 94.0 cm³/mol. The average Bonchev–Trinajstić information content (AvgIpc) is 3.09. The van der Waals surface area contributed by atoms with Gasteiger partial charge in [0, 0.05) is 23.2 Å². The van der Waals surface area contributed by atoms with Crippen LogP contribution in [0, 0.1) is 6.92 Å². The van der Waals surface area contributed by atoms with Crippen molar-refractivity contribution in [2.24, 2.45) is 0 Å². The Hall–Kier alpha value is -1.72. The zero-order valence-electron chi connectivity index (χ0n) is 13.6. The number of amides is 1. The molecule has 0 spiro atoms. The van der Waals surface area contributed by atoms with E-state index in [0.29, 0.717) is 12.5 Å². The molecule has 4 nitrogen and oxygen atoms in total. The third-order valence-electron chi connectivity index (χ3n) is 4.85. The largest absolute Gasteiger partial charge is 0.315 e. The van der Waals surface area contributed by atoms with Gasteiger partial charge in [-0.2, -0.15) is 0 Å². The molecule has 4 rings (SSSR count). The van der Waals surface area contributed by atoms with E-state index < -0.39 is 0 Å². The van der Waals surface area contributed by atoms with Gasteiger partial charge >= 0.3 is 0 Å². The van der Waals surface area contributed by atoms with Gasteiger partial charge in [0.2, 0.25) is 5.91 Å². The van der Waals surface area contributed by atoms with Crippen molar-refractivity contribution in [3.63, 3.8) is 0 Å². The van der Waals surface area contributed by atoms with Gasteiger partial charge in [0.25, 0.3) is 0 Å². The molecule has 1 N–H and O–H groups in total. The molecule has 3 heterocycles. The number of carbonyl (C=O) groups excluding carboxylic acids is 1. The van der Waals surface area contributed by atoms with E-state index in [0.717, 1.165) is 29.1 Å². The predicted octanol–water partition coefficient (Wildman–Crippen LogP) is 3.45. The number of nitrogens with zero attached hydrogens (tertiary/aromatic N) is 2. The zero-order chi connectivity index (χ0) is 16.0. The van der Waals surface area contributed by atoms with Crippen LogP contribution >= 0.6 is 11.3 Å². The van der Waals surface area contributed by atoms with Crippen LogP contribution in [0.2, 0.25) is 0 Å². The second kappa shape index (κ2) is 5.73. The second-order valence-corrected chi connectivity index (χ2v) is 7.67. The quantitative estimate of drug-likeness (QED) is 0.919. The highest BCUT2D eigenvalue weighted by Gasteiger charge is 2.25. The maximum absolute atomic E-state index is 11.9. The van der Waals surface area contributed by atoms with Crippen LogP contribution in [0.1, 0.15) is 40.8 Å². The van der Waals surface area contributed by atoms with E-state index in [2.05, 4.69) is 24.4 Å². The van der Waals surface area contributed by atoms with E-state index in [1.54, 1.807) is 16.2 Å². The number of likely N-dealkylation sites (N-methyl/N-ethyl adjacent to an activating group) is 1. The average molecular weight is 327 g/mol. The molecule has 23 heavy (non-hydrogen) atoms. The van der Waals surface area contributed by atoms with Crippen LogP contribution in [0.3, 0.4) is 0 Å². The van der Waals surface area contributed by atoms with Crippen molar-refractivity contribution in [3.05, 3.63) is 33.6 Å². The minimum Gasteiger partial charge on any atom is -0.315 e. The Kier molecular flexibility index (Phi) is 3.70. The number of hydrogen-bond acceptors (Lipinski definition) is 4. The van der Waals surface area contributed by atoms with Crippen LogP contribution in [0.4, 0.5) is 5.69 Å². The number of rotatable bonds is 2. The monoisotopic (exact) mass is 327 g/mol. The first-order chi connectivity index (χ1) is 11.1. The number of piperidine rings is 1. The summed E-state index contributed by atoms with van der Waals surface area (Å²) in [5.74, 6) is 0.166. The van der Waals surface area contributed by atoms with Crippen LogP contribution in [-0.4, -0.2) is 24.5 Å². The summed E-state index contributed by atoms with van der Waals surface area (Å²) in [6, 6.07) is 6.68. The number of anilines is 1. The Labute approximate surface area is 140 Å². The summed E-state index contributed by atoms with van der Waals surface area (Å²) in [6.45, 7) is 3.23. The fourth-order valence-electron chi connectivity index (χ4n) is 3.51. The van der Waals surface area contributed by atoms with E-state index in [4.69, 9.17) is 4.98 Å². The van der Waals surface area contributed by atoms with Crippen molar-refractivity contribution >= 4 is 22.9 Å². The molecule has 0 radical (unpaired) electrons. The molecule has 1 atom stereocenters. The number of fused-ring (bicyclic) bond motifs is 1. The molecule has 1 unspecified atom stereocenters. The Bertz CT molecular complexity index is 762. The van der Waals surface area contributed by atoms with Gasteiger partial charge in [0.05, 0.1) is 18.2 Å². The molecule has 120 valence electrons. The van der Waals surface area contributed by atoms with Gasteiger partial charge in [-0.25, -0.2) is 4.98 Å². The molecule has 1 fully saturated rings. The van der Waals surface area contributed by atoms with E-state index in [-0.39, 0.29) is 5.91 Å². The van der Waals surface area contributed by atoms with Gasteiger partial charge in [-0.3, -0.25) is 4.79 Å². The highest BCUT2D eigenvalue weighted by atomic mass is 32.1. The van der Waals surface area contributed by atoms with Crippen molar-refractivity contribution in [3.8, 4) is 11.3 Å². The highest BCUT2D eigenvalue weighted by molar-refractivity contribution is 7.12. The van der Waals surface area contributed by atoms with Crippen molar-refractivity contribution < 1.29 is 4.79 Å². The molecule has 2 aliphatic heterocycles. The minimum atomic E-state index is 0.166. The van der Waals surface area contributed by atoms with Crippen molar-refractivity contribution in [1.82, 2.24) is 10.3 Å². The van der Waals surface area contributed by atoms with Crippen molar-refractivity contribution in [1.29, 1.82) is 0 Å². The summed E-state index contributed by atoms with van der Waals surface area (Å²) in [6.07, 6.45) is 4.22. The first-order valence-corrected chi connectivity index (χ1v) is 9.05. The number of aryl methyl sites for hydroxylation is 1. The molecular weight excluding hydrogens is 306 g/mol. The molecule has 0 saturated carbocycles. The summed E-state index contributed by atoms with van der Waals surface area (Å²) >= 11 is 1.80. The van der Waals surface area contributed by atoms with Crippen LogP contribution < -0.4 is 10.2 Å². The number of thiazole rings is 1. The lowest BCUT2D eigenvalue weighted by Crippen LogP contribution is -2.26. The molecule has 2 aromatic rings. The van der Waals surface area contributed by atoms with Gasteiger partial charge in [-0.05, 0) is 44.0 Å². The Morgan fingerprint density at radius 1 is 1.35 bits per heavy atom. The first kappa shape index (κ1) is 14.8. The van der Waals surface area contributed by atoms with Crippen LogP contribution in [0.15, 0.2) is 18.2 Å². The SMILES string of the molecule is Cc1sc(C2CCCCN2)nc1-c1ccc2c(c1)CC(=O)N2C. The Morgan fingerprint density at radius 2 is 2.22 bits per heavy atom. The fraction of sp³-hybridized carbons (Fsp3) is 0.444. The van der Waals surface area contributed by atoms with E-state index in [1.165, 1.54) is 29.1 Å². The lowest BCUT2D eigenvalue weighted by molar-refractivity contribution is -0.117. The van der Waals surface area contributed by atoms with E-state index in [9.17, 15) is 4.79 Å². The lowest BCUT2D eigenvalue weighted by atomic mass is 10.0. The number of carbonyl (C=O) groups is 1. The second-order valence-electron chi connectivity index (χ2n) is 6.43. The summed E-state index contributed by atoms with van der Waals surface area (Å²) < 4.78 is 0. The molecule has 0 aliphatic carbocycles. The Balaban J connectivity index is 1.67. The minimum absolute atomic E-state index is 0.166. The molecule has 2 aliphatic rings. The van der Waals surface area contributed by atoms with Gasteiger partial charge in [-0.15, -0.1) is 11.3 Å². The molecular formula is C18H21N3OS. The van der Waals surface area contributed by atoms with Gasteiger partial charge in [0.15, 0.2) is 0 Å². The normalized spacial score (nSPS) is 20.9. The molecule has 1 aromatic carbocycles. The van der Waals surface area contributed by atoms with Crippen LogP contribution in [-0.2, 0) is 11.2 Å². The summed E-state index contributed by atoms with van der Waals surface area (Å²) in [7, 11) is 1.84. The summed E-state index contributed by atoms with van der Waals surface area (Å²) in [5, 5.41) is 4.78. The van der Waals surface area contributed by atoms with E-state index in [1.807, 2.05) is 13.1 Å². The summed E-state index contributed by atoms with van der Waals surface area (Å²) in [5.41, 5.74) is 4.34. The first-order valence-electron chi connectivity index (χ1n) is 8.24. The van der Waals surface area contributed by atoms with Crippen LogP contribution in [0.25, 0.3) is 11.3 Å². The summed E-state index contributed by atoms with van der Waals surface area (Å²) in [4.78, 5) is 19.8. The Morgan fingerprint density at radius 3 is 3.00 bits per heavy atom. The molecule has 0 bridgehead atoms. The third-order valence-corrected chi connectivity index (χ3v) is 5.94.